The lowest BCUT2D eigenvalue weighted by atomic mass is 10.1. The largest absolute Gasteiger partial charge is 0.448 e. The zero-order chi connectivity index (χ0) is 17.9. The maximum absolute atomic E-state index is 12.8. The second kappa shape index (κ2) is 7.12. The van der Waals surface area contributed by atoms with E-state index in [9.17, 15) is 4.79 Å². The Kier molecular flexibility index (Phi) is 4.52. The summed E-state index contributed by atoms with van der Waals surface area (Å²) in [7, 11) is 0. The number of hydrogen-bond acceptors (Lipinski definition) is 4. The molecule has 1 atom stereocenters. The number of hydrogen-bond donors (Lipinski definition) is 0. The third-order valence-electron chi connectivity index (χ3n) is 4.75. The number of carbonyl (C=O) groups is 1. The second-order valence-corrected chi connectivity index (χ2v) is 6.62. The first kappa shape index (κ1) is 16.5. The van der Waals surface area contributed by atoms with Crippen LogP contribution >= 0.6 is 0 Å². The summed E-state index contributed by atoms with van der Waals surface area (Å²) >= 11 is 0. The zero-order valence-electron chi connectivity index (χ0n) is 14.8. The Morgan fingerprint density at radius 1 is 1.15 bits per heavy atom. The van der Waals surface area contributed by atoms with Crippen LogP contribution in [0.25, 0.3) is 0 Å². The highest BCUT2D eigenvalue weighted by atomic mass is 16.3. The fraction of sp³-hybridized carbons (Fsp3) is 0.286. The first-order valence-corrected chi connectivity index (χ1v) is 8.93. The lowest BCUT2D eigenvalue weighted by Gasteiger charge is -2.23. The highest BCUT2D eigenvalue weighted by Gasteiger charge is 2.32. The van der Waals surface area contributed by atoms with E-state index in [-0.39, 0.29) is 11.9 Å². The van der Waals surface area contributed by atoms with Gasteiger partial charge in [-0.2, -0.15) is 0 Å². The van der Waals surface area contributed by atoms with Crippen LogP contribution in [-0.4, -0.2) is 27.3 Å². The van der Waals surface area contributed by atoms with Gasteiger partial charge in [-0.1, -0.05) is 36.4 Å². The van der Waals surface area contributed by atoms with E-state index in [1.165, 1.54) is 11.8 Å². The summed E-state index contributed by atoms with van der Waals surface area (Å²) in [6, 6.07) is 16.4. The van der Waals surface area contributed by atoms with Crippen molar-refractivity contribution in [2.75, 3.05) is 6.54 Å². The molecule has 0 spiro atoms. The van der Waals surface area contributed by atoms with Gasteiger partial charge in [0.2, 0.25) is 0 Å². The number of pyridine rings is 1. The molecule has 0 N–H and O–H groups in total. The van der Waals surface area contributed by atoms with Gasteiger partial charge in [-0.25, -0.2) is 4.98 Å². The van der Waals surface area contributed by atoms with Crippen molar-refractivity contribution in [2.24, 2.45) is 0 Å². The van der Waals surface area contributed by atoms with Crippen molar-refractivity contribution in [1.29, 1.82) is 0 Å². The van der Waals surface area contributed by atoms with Gasteiger partial charge in [0, 0.05) is 25.6 Å². The van der Waals surface area contributed by atoms with Gasteiger partial charge in [-0.05, 0) is 30.5 Å². The second-order valence-electron chi connectivity index (χ2n) is 6.62. The van der Waals surface area contributed by atoms with Gasteiger partial charge in [0.25, 0.3) is 5.91 Å². The smallest absolute Gasteiger partial charge is 0.276 e. The molecule has 26 heavy (non-hydrogen) atoms. The van der Waals surface area contributed by atoms with Crippen LogP contribution in [0, 0.1) is 6.92 Å². The minimum atomic E-state index is -0.0837. The van der Waals surface area contributed by atoms with E-state index in [0.717, 1.165) is 37.2 Å². The summed E-state index contributed by atoms with van der Waals surface area (Å²) in [4.78, 5) is 23.7. The molecule has 1 aromatic carbocycles. The van der Waals surface area contributed by atoms with E-state index < -0.39 is 0 Å². The molecule has 0 saturated carbocycles. The predicted molar refractivity (Wildman–Crippen MR) is 97.7 cm³/mol. The fourth-order valence-electron chi connectivity index (χ4n) is 3.51. The van der Waals surface area contributed by atoms with Gasteiger partial charge in [0.15, 0.2) is 11.6 Å². The topological polar surface area (TPSA) is 59.2 Å². The summed E-state index contributed by atoms with van der Waals surface area (Å²) in [6.45, 7) is 2.47. The molecule has 3 aromatic rings. The maximum atomic E-state index is 12.8. The molecule has 0 bridgehead atoms. The average Bonchev–Trinajstić information content (AvgIpc) is 3.31. The van der Waals surface area contributed by atoms with Gasteiger partial charge in [0.05, 0.1) is 11.7 Å². The molecular formula is C21H21N3O2. The molecule has 1 fully saturated rings. The van der Waals surface area contributed by atoms with Gasteiger partial charge in [-0.15, -0.1) is 0 Å². The van der Waals surface area contributed by atoms with Crippen molar-refractivity contribution in [3.05, 3.63) is 83.3 Å². The summed E-state index contributed by atoms with van der Waals surface area (Å²) in [5.74, 6) is 0.423. The standard InChI is InChI=1S/C21H21N3O2/c1-15-22-19(14-26-15)21(25)24-12-6-11-20(24)18-10-5-9-17(23-18)13-16-7-3-2-4-8-16/h2-5,7-10,14,20H,6,11-13H2,1H3. The lowest BCUT2D eigenvalue weighted by molar-refractivity contribution is 0.0726. The van der Waals surface area contributed by atoms with Crippen molar-refractivity contribution in [1.82, 2.24) is 14.9 Å². The molecule has 1 saturated heterocycles. The monoisotopic (exact) mass is 347 g/mol. The van der Waals surface area contributed by atoms with Crippen LogP contribution < -0.4 is 0 Å². The third kappa shape index (κ3) is 3.38. The third-order valence-corrected chi connectivity index (χ3v) is 4.75. The van der Waals surface area contributed by atoms with Gasteiger partial charge >= 0.3 is 0 Å². The molecule has 4 rings (SSSR count). The van der Waals surface area contributed by atoms with E-state index in [2.05, 4.69) is 17.1 Å². The number of carbonyl (C=O) groups excluding carboxylic acids is 1. The quantitative estimate of drug-likeness (QED) is 0.717. The van der Waals surface area contributed by atoms with Crippen molar-refractivity contribution in [2.45, 2.75) is 32.2 Å². The highest BCUT2D eigenvalue weighted by molar-refractivity contribution is 5.92. The predicted octanol–water partition coefficient (Wildman–Crippen LogP) is 3.95. The molecular weight excluding hydrogens is 326 g/mol. The van der Waals surface area contributed by atoms with E-state index >= 15 is 0 Å². The van der Waals surface area contributed by atoms with Crippen LogP contribution in [0.3, 0.4) is 0 Å². The molecule has 0 radical (unpaired) electrons. The number of benzene rings is 1. The van der Waals surface area contributed by atoms with Crippen LogP contribution in [-0.2, 0) is 6.42 Å². The Balaban J connectivity index is 1.56. The van der Waals surface area contributed by atoms with Crippen LogP contribution in [0.2, 0.25) is 0 Å². The Morgan fingerprint density at radius 2 is 2.00 bits per heavy atom. The summed E-state index contributed by atoms with van der Waals surface area (Å²) in [5, 5.41) is 0. The number of oxazole rings is 1. The summed E-state index contributed by atoms with van der Waals surface area (Å²) < 4.78 is 5.20. The maximum Gasteiger partial charge on any atom is 0.276 e. The van der Waals surface area contributed by atoms with Crippen LogP contribution in [0.5, 0.6) is 0 Å². The van der Waals surface area contributed by atoms with Gasteiger partial charge < -0.3 is 9.32 Å². The molecule has 1 unspecified atom stereocenters. The Bertz CT molecular complexity index is 904. The number of aromatic nitrogens is 2. The molecule has 132 valence electrons. The van der Waals surface area contributed by atoms with E-state index in [4.69, 9.17) is 9.40 Å². The first-order valence-electron chi connectivity index (χ1n) is 8.93. The number of amides is 1. The number of rotatable bonds is 4. The van der Waals surface area contributed by atoms with Crippen molar-refractivity contribution >= 4 is 5.91 Å². The van der Waals surface area contributed by atoms with Crippen LogP contribution in [0.15, 0.2) is 59.2 Å². The molecule has 0 aliphatic carbocycles. The van der Waals surface area contributed by atoms with Crippen LogP contribution in [0.4, 0.5) is 0 Å². The highest BCUT2D eigenvalue weighted by Crippen LogP contribution is 2.32. The Morgan fingerprint density at radius 3 is 2.77 bits per heavy atom. The normalized spacial score (nSPS) is 16.8. The molecule has 5 nitrogen and oxygen atoms in total. The van der Waals surface area contributed by atoms with Gasteiger partial charge in [-0.3, -0.25) is 9.78 Å². The van der Waals surface area contributed by atoms with E-state index in [0.29, 0.717) is 11.6 Å². The molecule has 1 aliphatic heterocycles. The number of aryl methyl sites for hydroxylation is 1. The minimum absolute atomic E-state index is 0.00442. The SMILES string of the molecule is Cc1nc(C(=O)N2CCCC2c2cccc(Cc3ccccc3)n2)co1. The number of likely N-dealkylation sites (tertiary alicyclic amines) is 1. The zero-order valence-corrected chi connectivity index (χ0v) is 14.8. The molecule has 3 heterocycles. The summed E-state index contributed by atoms with van der Waals surface area (Å²) in [5.41, 5.74) is 3.57. The molecule has 2 aromatic heterocycles. The summed E-state index contributed by atoms with van der Waals surface area (Å²) in [6.07, 6.45) is 4.12. The van der Waals surface area contributed by atoms with Crippen LogP contribution in [0.1, 0.15) is 52.2 Å². The van der Waals surface area contributed by atoms with Crippen molar-refractivity contribution in [3.8, 4) is 0 Å². The average molecular weight is 347 g/mol. The molecule has 5 heteroatoms. The van der Waals surface area contributed by atoms with Crippen molar-refractivity contribution < 1.29 is 9.21 Å². The van der Waals surface area contributed by atoms with E-state index in [1.54, 1.807) is 6.92 Å². The lowest BCUT2D eigenvalue weighted by Crippen LogP contribution is -2.31. The minimum Gasteiger partial charge on any atom is -0.448 e. The van der Waals surface area contributed by atoms with E-state index in [1.807, 2.05) is 41.3 Å². The Labute approximate surface area is 152 Å². The van der Waals surface area contributed by atoms with Gasteiger partial charge in [0.1, 0.15) is 6.26 Å². The Hall–Kier alpha value is -2.95. The molecule has 1 aliphatic rings. The number of nitrogens with zero attached hydrogens (tertiary/aromatic N) is 3. The molecule has 1 amide bonds. The van der Waals surface area contributed by atoms with Crippen molar-refractivity contribution in [3.63, 3.8) is 0 Å². The fourth-order valence-corrected chi connectivity index (χ4v) is 3.51. The first-order chi connectivity index (χ1) is 12.7.